The van der Waals surface area contributed by atoms with E-state index in [1.165, 1.54) is 9.58 Å². The third-order valence-corrected chi connectivity index (χ3v) is 6.50. The highest BCUT2D eigenvalue weighted by Crippen LogP contribution is 2.30. The van der Waals surface area contributed by atoms with Gasteiger partial charge < -0.3 is 9.80 Å². The summed E-state index contributed by atoms with van der Waals surface area (Å²) in [5.74, 6) is -1.25. The number of hydrogen-bond donors (Lipinski definition) is 1. The smallest absolute Gasteiger partial charge is 0.280 e. The molecule has 5 heterocycles. The van der Waals surface area contributed by atoms with E-state index in [1.54, 1.807) is 41.7 Å². The fourth-order valence-corrected chi connectivity index (χ4v) is 4.77. The van der Waals surface area contributed by atoms with Crippen LogP contribution in [-0.2, 0) is 22.6 Å². The van der Waals surface area contributed by atoms with Crippen molar-refractivity contribution in [1.29, 1.82) is 0 Å². The molecule has 1 aromatic carbocycles. The first-order chi connectivity index (χ1) is 16.5. The number of amides is 4. The van der Waals surface area contributed by atoms with Crippen LogP contribution in [0, 0.1) is 0 Å². The van der Waals surface area contributed by atoms with Crippen LogP contribution in [-0.4, -0.2) is 61.1 Å². The lowest BCUT2D eigenvalue weighted by atomic mass is 10.0. The van der Waals surface area contributed by atoms with Gasteiger partial charge in [-0.05, 0) is 48.2 Å². The number of aromatic nitrogens is 4. The van der Waals surface area contributed by atoms with Crippen molar-refractivity contribution in [3.63, 3.8) is 0 Å². The van der Waals surface area contributed by atoms with Crippen molar-refractivity contribution in [3.05, 3.63) is 65.2 Å². The van der Waals surface area contributed by atoms with E-state index >= 15 is 0 Å². The number of benzene rings is 1. The maximum Gasteiger partial charge on any atom is 0.280 e. The van der Waals surface area contributed by atoms with Crippen LogP contribution in [0.25, 0.3) is 5.69 Å². The summed E-state index contributed by atoms with van der Waals surface area (Å²) in [4.78, 5) is 56.9. The summed E-state index contributed by atoms with van der Waals surface area (Å²) in [6.07, 6.45) is 6.25. The average molecular weight is 457 g/mol. The fraction of sp³-hybridized carbons (Fsp3) is 0.261. The van der Waals surface area contributed by atoms with Crippen molar-refractivity contribution >= 4 is 29.3 Å². The fourth-order valence-electron chi connectivity index (χ4n) is 4.77. The third kappa shape index (κ3) is 3.16. The molecule has 1 unspecified atom stereocenters. The molecule has 1 atom stereocenters. The van der Waals surface area contributed by atoms with Crippen LogP contribution in [0.3, 0.4) is 0 Å². The number of carbonyl (C=O) groups is 4. The van der Waals surface area contributed by atoms with E-state index in [1.807, 2.05) is 6.07 Å². The summed E-state index contributed by atoms with van der Waals surface area (Å²) in [6, 6.07) is 6.36. The molecular weight excluding hydrogens is 438 g/mol. The van der Waals surface area contributed by atoms with Gasteiger partial charge in [0, 0.05) is 37.5 Å². The first-order valence-electron chi connectivity index (χ1n) is 10.9. The number of anilines is 1. The van der Waals surface area contributed by atoms with E-state index in [0.717, 1.165) is 23.2 Å². The van der Waals surface area contributed by atoms with Crippen molar-refractivity contribution in [2.45, 2.75) is 31.8 Å². The monoisotopic (exact) mass is 457 g/mol. The van der Waals surface area contributed by atoms with Crippen LogP contribution in [0.4, 0.5) is 5.69 Å². The summed E-state index contributed by atoms with van der Waals surface area (Å²) in [7, 11) is 0. The first kappa shape index (κ1) is 20.2. The molecule has 0 saturated carbocycles. The maximum absolute atomic E-state index is 13.0. The molecule has 1 N–H and O–H groups in total. The van der Waals surface area contributed by atoms with Gasteiger partial charge in [0.2, 0.25) is 11.8 Å². The SMILES string of the molecule is O=C1CCC(N2Cc3cc(-n4cc(C(=O)N5CCc6cnccc65)nn4)ccc3C2=O)C(=O)N1. The second-order valence-electron chi connectivity index (χ2n) is 8.50. The van der Waals surface area contributed by atoms with Gasteiger partial charge in [-0.25, -0.2) is 4.68 Å². The van der Waals surface area contributed by atoms with Crippen LogP contribution < -0.4 is 10.2 Å². The number of piperidine rings is 1. The number of nitrogens with zero attached hydrogens (tertiary/aromatic N) is 6. The van der Waals surface area contributed by atoms with Crippen LogP contribution in [0.2, 0.25) is 0 Å². The van der Waals surface area contributed by atoms with Crippen LogP contribution >= 0.6 is 0 Å². The molecule has 34 heavy (non-hydrogen) atoms. The lowest BCUT2D eigenvalue weighted by molar-refractivity contribution is -0.136. The Morgan fingerprint density at radius 2 is 1.97 bits per heavy atom. The first-order valence-corrected chi connectivity index (χ1v) is 10.9. The van der Waals surface area contributed by atoms with Gasteiger partial charge in [0.1, 0.15) is 6.04 Å². The number of hydrogen-bond acceptors (Lipinski definition) is 7. The Bertz CT molecular complexity index is 1380. The van der Waals surface area contributed by atoms with Gasteiger partial charge >= 0.3 is 0 Å². The largest absolute Gasteiger partial charge is 0.322 e. The minimum Gasteiger partial charge on any atom is -0.322 e. The molecule has 3 aromatic rings. The lowest BCUT2D eigenvalue weighted by Gasteiger charge is -2.29. The minimum absolute atomic E-state index is 0.204. The zero-order valence-corrected chi connectivity index (χ0v) is 18.0. The van der Waals surface area contributed by atoms with Crippen LogP contribution in [0.5, 0.6) is 0 Å². The number of imide groups is 1. The van der Waals surface area contributed by atoms with Gasteiger partial charge in [0.15, 0.2) is 5.69 Å². The molecule has 3 aliphatic heterocycles. The molecule has 6 rings (SSSR count). The van der Waals surface area contributed by atoms with Gasteiger partial charge in [0.25, 0.3) is 11.8 Å². The molecule has 0 radical (unpaired) electrons. The van der Waals surface area contributed by atoms with E-state index in [-0.39, 0.29) is 36.4 Å². The summed E-state index contributed by atoms with van der Waals surface area (Å²) in [6.45, 7) is 0.817. The average Bonchev–Trinajstić information content (AvgIpc) is 3.56. The highest BCUT2D eigenvalue weighted by Gasteiger charge is 2.39. The molecule has 170 valence electrons. The second-order valence-corrected chi connectivity index (χ2v) is 8.50. The van der Waals surface area contributed by atoms with E-state index in [2.05, 4.69) is 20.6 Å². The normalized spacial score (nSPS) is 19.3. The summed E-state index contributed by atoms with van der Waals surface area (Å²) in [5.41, 5.74) is 3.97. The summed E-state index contributed by atoms with van der Waals surface area (Å²) >= 11 is 0. The Morgan fingerprint density at radius 1 is 1.09 bits per heavy atom. The highest BCUT2D eigenvalue weighted by atomic mass is 16.2. The zero-order valence-electron chi connectivity index (χ0n) is 18.0. The zero-order chi connectivity index (χ0) is 23.4. The highest BCUT2D eigenvalue weighted by molar-refractivity contribution is 6.06. The predicted molar refractivity (Wildman–Crippen MR) is 117 cm³/mol. The molecule has 4 amide bonds. The lowest BCUT2D eigenvalue weighted by Crippen LogP contribution is -2.52. The van der Waals surface area contributed by atoms with Crippen LogP contribution in [0.1, 0.15) is 44.8 Å². The Labute approximate surface area is 193 Å². The molecule has 2 aromatic heterocycles. The van der Waals surface area contributed by atoms with Crippen molar-refractivity contribution in [2.75, 3.05) is 11.4 Å². The third-order valence-electron chi connectivity index (χ3n) is 6.50. The quantitative estimate of drug-likeness (QED) is 0.571. The number of rotatable bonds is 3. The molecular formula is C23H19N7O4. The minimum atomic E-state index is -0.671. The number of fused-ring (bicyclic) bond motifs is 2. The number of pyridine rings is 1. The van der Waals surface area contributed by atoms with Gasteiger partial charge in [-0.3, -0.25) is 29.5 Å². The predicted octanol–water partition coefficient (Wildman–Crippen LogP) is 0.626. The topological polar surface area (TPSA) is 130 Å². The summed E-state index contributed by atoms with van der Waals surface area (Å²) in [5, 5.41) is 10.5. The number of nitrogens with one attached hydrogen (secondary N) is 1. The standard InChI is InChI=1S/C23H19N7O4/c31-20-4-3-19(21(32)25-20)29-11-14-9-15(1-2-16(14)22(29)33)30-12-17(26-27-30)23(34)28-8-6-13-10-24-7-5-18(13)28/h1-2,5,7,9-10,12,19H,3-4,6,8,11H2,(H,25,31,32). The maximum atomic E-state index is 13.0. The molecule has 1 fully saturated rings. The molecule has 3 aliphatic rings. The second kappa shape index (κ2) is 7.58. The van der Waals surface area contributed by atoms with Crippen molar-refractivity contribution in [1.82, 2.24) is 30.2 Å². The van der Waals surface area contributed by atoms with E-state index in [4.69, 9.17) is 0 Å². The Hall–Kier alpha value is -4.41. The van der Waals surface area contributed by atoms with E-state index in [0.29, 0.717) is 24.2 Å². The molecule has 0 aliphatic carbocycles. The van der Waals surface area contributed by atoms with Crippen molar-refractivity contribution < 1.29 is 19.2 Å². The van der Waals surface area contributed by atoms with E-state index < -0.39 is 11.9 Å². The Balaban J connectivity index is 1.23. The van der Waals surface area contributed by atoms with Gasteiger partial charge in [0.05, 0.1) is 17.6 Å². The van der Waals surface area contributed by atoms with Gasteiger partial charge in [-0.15, -0.1) is 5.10 Å². The molecule has 11 nitrogen and oxygen atoms in total. The summed E-state index contributed by atoms with van der Waals surface area (Å²) < 4.78 is 1.50. The van der Waals surface area contributed by atoms with Crippen LogP contribution in [0.15, 0.2) is 42.9 Å². The van der Waals surface area contributed by atoms with Crippen molar-refractivity contribution in [3.8, 4) is 5.69 Å². The molecule has 0 bridgehead atoms. The van der Waals surface area contributed by atoms with Gasteiger partial charge in [-0.1, -0.05) is 5.21 Å². The van der Waals surface area contributed by atoms with Crippen molar-refractivity contribution in [2.24, 2.45) is 0 Å². The number of carbonyl (C=O) groups excluding carboxylic acids is 4. The van der Waals surface area contributed by atoms with E-state index in [9.17, 15) is 19.2 Å². The molecule has 0 spiro atoms. The Morgan fingerprint density at radius 3 is 2.82 bits per heavy atom. The molecule has 11 heteroatoms. The van der Waals surface area contributed by atoms with Gasteiger partial charge in [-0.2, -0.15) is 0 Å². The molecule has 1 saturated heterocycles. The Kier molecular flexibility index (Phi) is 4.51.